The highest BCUT2D eigenvalue weighted by molar-refractivity contribution is 6.17. The lowest BCUT2D eigenvalue weighted by Crippen LogP contribution is -2.05. The second kappa shape index (κ2) is 5.47. The molecular weight excluding hydrogens is 177 g/mol. The van der Waals surface area contributed by atoms with E-state index in [-0.39, 0.29) is 6.42 Å². The summed E-state index contributed by atoms with van der Waals surface area (Å²) in [6, 6.07) is 0. The van der Waals surface area contributed by atoms with Gasteiger partial charge in [0.15, 0.2) is 0 Å². The number of allylic oxidation sites excluding steroid dienone is 2. The fourth-order valence-corrected chi connectivity index (χ4v) is 0.672. The summed E-state index contributed by atoms with van der Waals surface area (Å²) in [5.41, 5.74) is 0. The van der Waals surface area contributed by atoms with Crippen LogP contribution in [0.4, 0.5) is 13.2 Å². The summed E-state index contributed by atoms with van der Waals surface area (Å²) in [5.74, 6) is 0.461. The van der Waals surface area contributed by atoms with E-state index in [4.69, 9.17) is 11.6 Å². The normalized spacial score (nSPS) is 12.7. The van der Waals surface area contributed by atoms with Crippen molar-refractivity contribution in [2.45, 2.75) is 25.4 Å². The first-order valence-corrected chi connectivity index (χ1v) is 3.87. The molecule has 0 nitrogen and oxygen atoms in total. The van der Waals surface area contributed by atoms with Gasteiger partial charge in [0.1, 0.15) is 0 Å². The summed E-state index contributed by atoms with van der Waals surface area (Å²) < 4.78 is 34.5. The molecule has 4 heteroatoms. The van der Waals surface area contributed by atoms with Crippen molar-refractivity contribution >= 4 is 11.6 Å². The van der Waals surface area contributed by atoms with E-state index < -0.39 is 12.6 Å². The van der Waals surface area contributed by atoms with Gasteiger partial charge < -0.3 is 0 Å². The predicted octanol–water partition coefficient (Wildman–Crippen LogP) is 3.51. The van der Waals surface area contributed by atoms with Crippen LogP contribution in [0.15, 0.2) is 12.2 Å². The fourth-order valence-electron chi connectivity index (χ4n) is 0.546. The van der Waals surface area contributed by atoms with Crippen LogP contribution in [0.1, 0.15) is 19.3 Å². The highest BCUT2D eigenvalue weighted by Crippen LogP contribution is 2.21. The van der Waals surface area contributed by atoms with Gasteiger partial charge in [0, 0.05) is 12.3 Å². The first-order valence-electron chi connectivity index (χ1n) is 3.34. The zero-order valence-electron chi connectivity index (χ0n) is 5.99. The number of rotatable bonds is 4. The van der Waals surface area contributed by atoms with E-state index >= 15 is 0 Å². The van der Waals surface area contributed by atoms with Crippen molar-refractivity contribution in [1.29, 1.82) is 0 Å². The smallest absolute Gasteiger partial charge is 0.171 e. The van der Waals surface area contributed by atoms with Crippen LogP contribution < -0.4 is 0 Å². The summed E-state index contributed by atoms with van der Waals surface area (Å²) in [4.78, 5) is 0. The van der Waals surface area contributed by atoms with Gasteiger partial charge in [-0.3, -0.25) is 0 Å². The molecule has 0 saturated carbocycles. The van der Waals surface area contributed by atoms with Crippen LogP contribution in [0.2, 0.25) is 0 Å². The summed E-state index contributed by atoms with van der Waals surface area (Å²) >= 11 is 5.30. The van der Waals surface area contributed by atoms with E-state index in [9.17, 15) is 13.2 Å². The van der Waals surface area contributed by atoms with Crippen molar-refractivity contribution in [1.82, 2.24) is 0 Å². The monoisotopic (exact) mass is 186 g/mol. The average molecular weight is 187 g/mol. The summed E-state index contributed by atoms with van der Waals surface area (Å²) in [5, 5.41) is 0. The maximum absolute atomic E-state index is 11.5. The van der Waals surface area contributed by atoms with Crippen LogP contribution in [-0.2, 0) is 0 Å². The van der Waals surface area contributed by atoms with Crippen LogP contribution in [0.5, 0.6) is 0 Å². The molecule has 0 aliphatic carbocycles. The van der Waals surface area contributed by atoms with E-state index in [0.717, 1.165) is 0 Å². The number of hydrogen-bond donors (Lipinski definition) is 0. The molecule has 0 fully saturated rings. The Labute approximate surface area is 69.0 Å². The third-order valence-electron chi connectivity index (χ3n) is 1.04. The van der Waals surface area contributed by atoms with E-state index in [1.807, 2.05) is 0 Å². The highest BCUT2D eigenvalue weighted by Gasteiger charge is 2.25. The number of halogens is 4. The molecule has 0 unspecified atom stereocenters. The second-order valence-electron chi connectivity index (χ2n) is 2.10. The van der Waals surface area contributed by atoms with Crippen molar-refractivity contribution in [2.75, 3.05) is 5.88 Å². The van der Waals surface area contributed by atoms with Crippen molar-refractivity contribution in [3.8, 4) is 0 Å². The van der Waals surface area contributed by atoms with Crippen molar-refractivity contribution in [2.24, 2.45) is 0 Å². The topological polar surface area (TPSA) is 0 Å². The van der Waals surface area contributed by atoms with Crippen LogP contribution in [0, 0.1) is 0 Å². The van der Waals surface area contributed by atoms with Crippen LogP contribution in [0.3, 0.4) is 0 Å². The van der Waals surface area contributed by atoms with Gasteiger partial charge in [-0.2, -0.15) is 13.2 Å². The van der Waals surface area contributed by atoms with E-state index in [1.165, 1.54) is 6.08 Å². The molecule has 0 spiro atoms. The van der Waals surface area contributed by atoms with Crippen LogP contribution >= 0.6 is 11.6 Å². The van der Waals surface area contributed by atoms with Gasteiger partial charge in [-0.25, -0.2) is 0 Å². The molecule has 0 aliphatic rings. The maximum atomic E-state index is 11.5. The number of hydrogen-bond acceptors (Lipinski definition) is 0. The molecule has 0 saturated heterocycles. The van der Waals surface area contributed by atoms with Gasteiger partial charge in [-0.1, -0.05) is 12.2 Å². The van der Waals surface area contributed by atoms with Gasteiger partial charge in [-0.15, -0.1) is 11.6 Å². The van der Waals surface area contributed by atoms with Gasteiger partial charge in [0.05, 0.1) is 0 Å². The highest BCUT2D eigenvalue weighted by atomic mass is 35.5. The molecule has 0 aromatic heterocycles. The second-order valence-corrected chi connectivity index (χ2v) is 2.48. The van der Waals surface area contributed by atoms with Gasteiger partial charge in [0.2, 0.25) is 0 Å². The Morgan fingerprint density at radius 3 is 2.09 bits per heavy atom. The Morgan fingerprint density at radius 1 is 1.09 bits per heavy atom. The van der Waals surface area contributed by atoms with E-state index in [0.29, 0.717) is 12.3 Å². The Balaban J connectivity index is 3.27. The van der Waals surface area contributed by atoms with Gasteiger partial charge in [0.25, 0.3) is 0 Å². The zero-order chi connectivity index (χ0) is 8.74. The molecule has 0 radical (unpaired) electrons. The fraction of sp³-hybridized carbons (Fsp3) is 0.714. The Morgan fingerprint density at radius 2 is 1.64 bits per heavy atom. The Bertz CT molecular complexity index is 117. The largest absolute Gasteiger partial charge is 0.389 e. The molecule has 11 heavy (non-hydrogen) atoms. The molecule has 66 valence electrons. The molecule has 0 heterocycles. The molecule has 0 amide bonds. The molecule has 0 bridgehead atoms. The van der Waals surface area contributed by atoms with Crippen LogP contribution in [-0.4, -0.2) is 12.1 Å². The lowest BCUT2D eigenvalue weighted by atomic mass is 10.2. The summed E-state index contributed by atoms with van der Waals surface area (Å²) in [6.07, 6.45) is -0.911. The minimum atomic E-state index is -4.04. The van der Waals surface area contributed by atoms with E-state index in [1.54, 1.807) is 6.08 Å². The molecule has 0 aromatic rings. The Hall–Kier alpha value is -0.180. The zero-order valence-corrected chi connectivity index (χ0v) is 6.75. The van der Waals surface area contributed by atoms with Crippen LogP contribution in [0.25, 0.3) is 0 Å². The third-order valence-corrected chi connectivity index (χ3v) is 1.26. The average Bonchev–Trinajstić information content (AvgIpc) is 1.85. The minimum Gasteiger partial charge on any atom is -0.171 e. The molecule has 0 aliphatic heterocycles. The molecule has 0 rings (SSSR count). The summed E-state index contributed by atoms with van der Waals surface area (Å²) in [7, 11) is 0. The Kier molecular flexibility index (Phi) is 5.38. The maximum Gasteiger partial charge on any atom is 0.389 e. The molecule has 0 N–H and O–H groups in total. The lowest BCUT2D eigenvalue weighted by molar-refractivity contribution is -0.133. The minimum absolute atomic E-state index is 0.0559. The van der Waals surface area contributed by atoms with Gasteiger partial charge >= 0.3 is 6.18 Å². The SMILES string of the molecule is FC(F)(F)CCC=CCCCl. The number of alkyl halides is 4. The predicted molar refractivity (Wildman–Crippen MR) is 39.8 cm³/mol. The van der Waals surface area contributed by atoms with Crippen molar-refractivity contribution in [3.63, 3.8) is 0 Å². The molecular formula is C7H10ClF3. The third kappa shape index (κ3) is 9.82. The first kappa shape index (κ1) is 10.8. The first-order chi connectivity index (χ1) is 5.06. The molecule has 0 atom stereocenters. The van der Waals surface area contributed by atoms with E-state index in [2.05, 4.69) is 0 Å². The molecule has 0 aromatic carbocycles. The lowest BCUT2D eigenvalue weighted by Gasteiger charge is -2.01. The summed E-state index contributed by atoms with van der Waals surface area (Å²) in [6.45, 7) is 0. The van der Waals surface area contributed by atoms with Gasteiger partial charge in [-0.05, 0) is 12.8 Å². The van der Waals surface area contributed by atoms with Crippen molar-refractivity contribution in [3.05, 3.63) is 12.2 Å². The standard InChI is InChI=1S/C7H10ClF3/c8-6-4-2-1-3-5-7(9,10)11/h1-2H,3-6H2. The van der Waals surface area contributed by atoms with Crippen molar-refractivity contribution < 1.29 is 13.2 Å². The quantitative estimate of drug-likeness (QED) is 0.466.